The van der Waals surface area contributed by atoms with Crippen molar-refractivity contribution < 1.29 is 0 Å². The van der Waals surface area contributed by atoms with Crippen LogP contribution in [0, 0.1) is 5.41 Å². The monoisotopic (exact) mass is 273 g/mol. The van der Waals surface area contributed by atoms with E-state index in [0.717, 1.165) is 28.9 Å². The van der Waals surface area contributed by atoms with Crippen LogP contribution >= 0.6 is 23.3 Å². The van der Waals surface area contributed by atoms with Crippen LogP contribution in [0.2, 0.25) is 0 Å². The minimum atomic E-state index is 0.294. The molecule has 1 rings (SSSR count). The van der Waals surface area contributed by atoms with Gasteiger partial charge in [-0.25, -0.2) is 4.98 Å². The molecular formula is C12H23N3S2. The summed E-state index contributed by atoms with van der Waals surface area (Å²) in [6.07, 6.45) is 4.62. The molecule has 0 saturated heterocycles. The Labute approximate surface area is 113 Å². The number of aromatic nitrogens is 2. The Morgan fingerprint density at radius 2 is 2.12 bits per heavy atom. The summed E-state index contributed by atoms with van der Waals surface area (Å²) < 4.78 is 5.39. The SMILES string of the molecule is CCc1nsc(SCCCCC(C)(C)CN)n1. The summed E-state index contributed by atoms with van der Waals surface area (Å²) in [5, 5.41) is 0. The summed E-state index contributed by atoms with van der Waals surface area (Å²) in [5.41, 5.74) is 6.00. The molecule has 0 spiro atoms. The van der Waals surface area contributed by atoms with E-state index in [9.17, 15) is 0 Å². The second-order valence-electron chi connectivity index (χ2n) is 5.00. The van der Waals surface area contributed by atoms with Crippen molar-refractivity contribution in [3.63, 3.8) is 0 Å². The molecule has 0 aromatic carbocycles. The van der Waals surface area contributed by atoms with Gasteiger partial charge in [-0.15, -0.1) is 0 Å². The van der Waals surface area contributed by atoms with Gasteiger partial charge in [-0.05, 0) is 36.3 Å². The Morgan fingerprint density at radius 1 is 1.35 bits per heavy atom. The number of rotatable bonds is 8. The molecule has 0 aliphatic carbocycles. The number of nitrogens with two attached hydrogens (primary N) is 1. The molecule has 0 atom stereocenters. The van der Waals surface area contributed by atoms with E-state index in [1.807, 2.05) is 11.8 Å². The summed E-state index contributed by atoms with van der Waals surface area (Å²) in [7, 11) is 0. The average Bonchev–Trinajstić information content (AvgIpc) is 2.76. The van der Waals surface area contributed by atoms with E-state index in [4.69, 9.17) is 5.73 Å². The van der Waals surface area contributed by atoms with Crippen molar-refractivity contribution in [2.45, 2.75) is 50.8 Å². The van der Waals surface area contributed by atoms with Crippen molar-refractivity contribution in [1.29, 1.82) is 0 Å². The van der Waals surface area contributed by atoms with Crippen LogP contribution in [0.5, 0.6) is 0 Å². The topological polar surface area (TPSA) is 51.8 Å². The van der Waals surface area contributed by atoms with Gasteiger partial charge in [0.15, 0.2) is 4.34 Å². The minimum absolute atomic E-state index is 0.294. The van der Waals surface area contributed by atoms with Gasteiger partial charge in [0, 0.05) is 12.2 Å². The standard InChI is InChI=1S/C12H23N3S2/c1-4-10-14-11(17-15-10)16-8-6-5-7-12(2,3)9-13/h4-9,13H2,1-3H3. The normalized spacial score (nSPS) is 12.0. The molecule has 0 amide bonds. The second-order valence-corrected chi connectivity index (χ2v) is 7.10. The molecule has 98 valence electrons. The third kappa shape index (κ3) is 5.84. The van der Waals surface area contributed by atoms with E-state index < -0.39 is 0 Å². The number of aryl methyl sites for hydroxylation is 1. The molecule has 0 aliphatic heterocycles. The van der Waals surface area contributed by atoms with E-state index >= 15 is 0 Å². The minimum Gasteiger partial charge on any atom is -0.330 e. The van der Waals surface area contributed by atoms with Crippen molar-refractivity contribution in [2.24, 2.45) is 11.1 Å². The number of nitrogens with zero attached hydrogens (tertiary/aromatic N) is 2. The Kier molecular flexibility index (Phi) is 6.44. The zero-order valence-electron chi connectivity index (χ0n) is 11.0. The molecule has 0 bridgehead atoms. The first-order valence-electron chi connectivity index (χ1n) is 6.23. The quantitative estimate of drug-likeness (QED) is 0.583. The van der Waals surface area contributed by atoms with Gasteiger partial charge >= 0.3 is 0 Å². The van der Waals surface area contributed by atoms with Crippen molar-refractivity contribution >= 4 is 23.3 Å². The zero-order chi connectivity index (χ0) is 12.7. The van der Waals surface area contributed by atoms with Crippen LogP contribution in [0.3, 0.4) is 0 Å². The summed E-state index contributed by atoms with van der Waals surface area (Å²) in [5.74, 6) is 2.11. The molecule has 1 aromatic heterocycles. The third-order valence-corrected chi connectivity index (χ3v) is 4.75. The number of thioether (sulfide) groups is 1. The highest BCUT2D eigenvalue weighted by Gasteiger charge is 2.14. The predicted octanol–water partition coefficient (Wildman–Crippen LogP) is 3.35. The van der Waals surface area contributed by atoms with Crippen LogP contribution < -0.4 is 5.73 Å². The van der Waals surface area contributed by atoms with Gasteiger partial charge in [-0.2, -0.15) is 4.37 Å². The summed E-state index contributed by atoms with van der Waals surface area (Å²) >= 11 is 3.35. The van der Waals surface area contributed by atoms with Gasteiger partial charge in [0.1, 0.15) is 5.82 Å². The third-order valence-electron chi connectivity index (χ3n) is 2.79. The maximum absolute atomic E-state index is 5.71. The van der Waals surface area contributed by atoms with Crippen LogP contribution in [0.25, 0.3) is 0 Å². The molecule has 0 unspecified atom stereocenters. The van der Waals surface area contributed by atoms with Gasteiger partial charge in [0.25, 0.3) is 0 Å². The molecule has 5 heteroatoms. The van der Waals surface area contributed by atoms with E-state index in [2.05, 4.69) is 30.1 Å². The lowest BCUT2D eigenvalue weighted by Crippen LogP contribution is -2.23. The highest BCUT2D eigenvalue weighted by molar-refractivity contribution is 8.00. The Balaban J connectivity index is 2.12. The molecular weight excluding hydrogens is 250 g/mol. The van der Waals surface area contributed by atoms with Crippen molar-refractivity contribution in [3.8, 4) is 0 Å². The lowest BCUT2D eigenvalue weighted by atomic mass is 9.88. The van der Waals surface area contributed by atoms with Gasteiger partial charge in [0.2, 0.25) is 0 Å². The van der Waals surface area contributed by atoms with Crippen LogP contribution in [0.15, 0.2) is 4.34 Å². The van der Waals surface area contributed by atoms with Crippen LogP contribution in [-0.2, 0) is 6.42 Å². The summed E-state index contributed by atoms with van der Waals surface area (Å²) in [6.45, 7) is 7.33. The fraction of sp³-hybridized carbons (Fsp3) is 0.833. The second kappa shape index (κ2) is 7.34. The van der Waals surface area contributed by atoms with E-state index in [0.29, 0.717) is 5.41 Å². The van der Waals surface area contributed by atoms with Crippen molar-refractivity contribution in [2.75, 3.05) is 12.3 Å². The molecule has 2 N–H and O–H groups in total. The molecule has 1 aromatic rings. The summed E-state index contributed by atoms with van der Waals surface area (Å²) in [4.78, 5) is 4.44. The molecule has 1 heterocycles. The molecule has 0 saturated carbocycles. The van der Waals surface area contributed by atoms with Crippen LogP contribution in [0.1, 0.15) is 45.9 Å². The van der Waals surface area contributed by atoms with E-state index in [1.165, 1.54) is 30.8 Å². The first-order valence-corrected chi connectivity index (χ1v) is 7.99. The summed E-state index contributed by atoms with van der Waals surface area (Å²) in [6, 6.07) is 0. The fourth-order valence-electron chi connectivity index (χ4n) is 1.41. The van der Waals surface area contributed by atoms with Gasteiger partial charge < -0.3 is 5.73 Å². The maximum Gasteiger partial charge on any atom is 0.170 e. The molecule has 0 radical (unpaired) electrons. The highest BCUT2D eigenvalue weighted by atomic mass is 32.2. The Morgan fingerprint density at radius 3 is 2.71 bits per heavy atom. The van der Waals surface area contributed by atoms with Crippen LogP contribution in [0.4, 0.5) is 0 Å². The zero-order valence-corrected chi connectivity index (χ0v) is 12.7. The van der Waals surface area contributed by atoms with E-state index in [-0.39, 0.29) is 0 Å². The largest absolute Gasteiger partial charge is 0.330 e. The van der Waals surface area contributed by atoms with Gasteiger partial charge in [-0.3, -0.25) is 0 Å². The van der Waals surface area contributed by atoms with E-state index in [1.54, 1.807) is 0 Å². The average molecular weight is 273 g/mol. The van der Waals surface area contributed by atoms with Crippen molar-refractivity contribution in [3.05, 3.63) is 5.82 Å². The smallest absolute Gasteiger partial charge is 0.170 e. The van der Waals surface area contributed by atoms with Crippen molar-refractivity contribution in [1.82, 2.24) is 9.36 Å². The number of hydrogen-bond donors (Lipinski definition) is 1. The van der Waals surface area contributed by atoms with Gasteiger partial charge in [0.05, 0.1) is 0 Å². The highest BCUT2D eigenvalue weighted by Crippen LogP contribution is 2.25. The maximum atomic E-state index is 5.71. The first kappa shape index (κ1) is 14.9. The molecule has 3 nitrogen and oxygen atoms in total. The molecule has 0 fully saturated rings. The molecule has 17 heavy (non-hydrogen) atoms. The fourth-order valence-corrected chi connectivity index (χ4v) is 3.17. The lowest BCUT2D eigenvalue weighted by Gasteiger charge is -2.21. The van der Waals surface area contributed by atoms with Gasteiger partial charge in [-0.1, -0.05) is 39.0 Å². The predicted molar refractivity (Wildman–Crippen MR) is 76.7 cm³/mol. The lowest BCUT2D eigenvalue weighted by molar-refractivity contribution is 0.336. The Bertz CT molecular complexity index is 323. The number of hydrogen-bond acceptors (Lipinski definition) is 5. The Hall–Kier alpha value is -0.130. The van der Waals surface area contributed by atoms with Crippen LogP contribution in [-0.4, -0.2) is 21.7 Å². The number of unbranched alkanes of at least 4 members (excludes halogenated alkanes) is 1. The molecule has 0 aliphatic rings. The first-order chi connectivity index (χ1) is 8.07.